The van der Waals surface area contributed by atoms with Crippen LogP contribution in [0.1, 0.15) is 64.8 Å². The number of carbonyl (C=O) groups excluding carboxylic acids is 2. The molecule has 4 nitrogen and oxygen atoms in total. The fraction of sp³-hybridized carbons (Fsp3) is 0.417. The van der Waals surface area contributed by atoms with E-state index in [2.05, 4.69) is 31.2 Å². The quantitative estimate of drug-likeness (QED) is 0.804. The lowest BCUT2D eigenvalue weighted by atomic mass is 9.86. The number of aryl methyl sites for hydroxylation is 1. The summed E-state index contributed by atoms with van der Waals surface area (Å²) in [5, 5.41) is 10.6. The van der Waals surface area contributed by atoms with E-state index in [1.807, 2.05) is 17.0 Å². The Hall–Kier alpha value is -2.46. The Bertz CT molecular complexity index is 883. The highest BCUT2D eigenvalue weighted by molar-refractivity contribution is 6.00. The molecule has 1 N–H and O–H groups in total. The third-order valence-corrected chi connectivity index (χ3v) is 6.34. The lowest BCUT2D eigenvalue weighted by molar-refractivity contribution is -0.137. The van der Waals surface area contributed by atoms with E-state index < -0.39 is 12.0 Å². The molecule has 1 amide bonds. The third-order valence-electron chi connectivity index (χ3n) is 6.34. The molecule has 1 aliphatic carbocycles. The number of benzene rings is 2. The first-order valence-corrected chi connectivity index (χ1v) is 10.2. The molecule has 2 aliphatic rings. The Kier molecular flexibility index (Phi) is 5.31. The zero-order chi connectivity index (χ0) is 19.7. The Balaban J connectivity index is 1.43. The maximum Gasteiger partial charge on any atom is 0.226 e. The van der Waals surface area contributed by atoms with Gasteiger partial charge in [-0.15, -0.1) is 0 Å². The van der Waals surface area contributed by atoms with Crippen molar-refractivity contribution in [3.63, 3.8) is 0 Å². The van der Waals surface area contributed by atoms with Gasteiger partial charge in [-0.25, -0.2) is 0 Å². The highest BCUT2D eigenvalue weighted by Crippen LogP contribution is 2.35. The van der Waals surface area contributed by atoms with Crippen molar-refractivity contribution in [1.82, 2.24) is 4.90 Å². The number of ketones is 1. The van der Waals surface area contributed by atoms with Crippen LogP contribution in [0.4, 0.5) is 0 Å². The van der Waals surface area contributed by atoms with Gasteiger partial charge in [0.1, 0.15) is 0 Å². The molecule has 2 aromatic carbocycles. The summed E-state index contributed by atoms with van der Waals surface area (Å²) in [6.07, 6.45) is 1.63. The van der Waals surface area contributed by atoms with Crippen LogP contribution in [0, 0.1) is 12.8 Å². The van der Waals surface area contributed by atoms with Gasteiger partial charge in [0.2, 0.25) is 5.91 Å². The van der Waals surface area contributed by atoms with Gasteiger partial charge < -0.3 is 10.0 Å². The lowest BCUT2D eigenvalue weighted by Gasteiger charge is -2.35. The Morgan fingerprint density at radius 2 is 1.64 bits per heavy atom. The number of hydrogen-bond donors (Lipinski definition) is 1. The standard InChI is InChI=1S/C24H27NO3/c1-16-6-2-3-7-19(16)17-10-12-25(13-11-17)24(28)18-14-22(26)20-8-4-5-9-21(20)23(27)15-18/h2-9,17-18,22,26H,10-15H2,1H3. The average molecular weight is 377 g/mol. The number of likely N-dealkylation sites (tertiary alicyclic amines) is 1. The number of aliphatic hydroxyl groups excluding tert-OH is 1. The first kappa shape index (κ1) is 18.9. The first-order chi connectivity index (χ1) is 13.5. The van der Waals surface area contributed by atoms with Gasteiger partial charge in [-0.3, -0.25) is 9.59 Å². The maximum absolute atomic E-state index is 13.1. The van der Waals surface area contributed by atoms with Crippen molar-refractivity contribution >= 4 is 11.7 Å². The molecule has 0 saturated carbocycles. The van der Waals surface area contributed by atoms with E-state index in [1.54, 1.807) is 12.1 Å². The van der Waals surface area contributed by atoms with Gasteiger partial charge in [-0.2, -0.15) is 0 Å². The van der Waals surface area contributed by atoms with Crippen molar-refractivity contribution < 1.29 is 14.7 Å². The van der Waals surface area contributed by atoms with E-state index in [-0.39, 0.29) is 18.1 Å². The number of amides is 1. The minimum Gasteiger partial charge on any atom is -0.388 e. The van der Waals surface area contributed by atoms with Gasteiger partial charge >= 0.3 is 0 Å². The van der Waals surface area contributed by atoms with E-state index in [9.17, 15) is 14.7 Å². The molecule has 0 aromatic heterocycles. The molecule has 2 aromatic rings. The third kappa shape index (κ3) is 3.61. The summed E-state index contributed by atoms with van der Waals surface area (Å²) in [6.45, 7) is 3.57. The van der Waals surface area contributed by atoms with Crippen molar-refractivity contribution in [3.05, 3.63) is 70.8 Å². The summed E-state index contributed by atoms with van der Waals surface area (Å²) >= 11 is 0. The van der Waals surface area contributed by atoms with Crippen molar-refractivity contribution in [2.24, 2.45) is 5.92 Å². The zero-order valence-electron chi connectivity index (χ0n) is 16.3. The number of carbonyl (C=O) groups is 2. The molecule has 146 valence electrons. The molecule has 0 radical (unpaired) electrons. The smallest absolute Gasteiger partial charge is 0.226 e. The minimum absolute atomic E-state index is 0.0171. The summed E-state index contributed by atoms with van der Waals surface area (Å²) in [6, 6.07) is 15.6. The molecule has 0 bridgehead atoms. The number of rotatable bonds is 2. The van der Waals surface area contributed by atoms with Crippen molar-refractivity contribution in [2.45, 2.75) is 44.6 Å². The van der Waals surface area contributed by atoms with Crippen LogP contribution in [0.2, 0.25) is 0 Å². The first-order valence-electron chi connectivity index (χ1n) is 10.2. The molecule has 4 heteroatoms. The predicted octanol–water partition coefficient (Wildman–Crippen LogP) is 4.03. The molecular formula is C24H27NO3. The van der Waals surface area contributed by atoms with Gasteiger partial charge in [0.25, 0.3) is 0 Å². The van der Waals surface area contributed by atoms with E-state index in [1.165, 1.54) is 11.1 Å². The summed E-state index contributed by atoms with van der Waals surface area (Å²) in [4.78, 5) is 27.7. The van der Waals surface area contributed by atoms with E-state index in [4.69, 9.17) is 0 Å². The molecule has 28 heavy (non-hydrogen) atoms. The fourth-order valence-corrected chi connectivity index (χ4v) is 4.76. The number of fused-ring (bicyclic) bond motifs is 1. The number of piperidine rings is 1. The van der Waals surface area contributed by atoms with Crippen LogP contribution in [0.3, 0.4) is 0 Å². The molecule has 2 atom stereocenters. The Labute approximate surface area is 166 Å². The van der Waals surface area contributed by atoms with Gasteiger partial charge in [0.15, 0.2) is 5.78 Å². The molecule has 1 heterocycles. The van der Waals surface area contributed by atoms with Gasteiger partial charge in [-0.05, 0) is 48.8 Å². The zero-order valence-corrected chi connectivity index (χ0v) is 16.3. The molecule has 4 rings (SSSR count). The number of Topliss-reactive ketones (excluding diaryl/α,β-unsaturated/α-hetero) is 1. The largest absolute Gasteiger partial charge is 0.388 e. The second-order valence-corrected chi connectivity index (χ2v) is 8.12. The summed E-state index contributed by atoms with van der Waals surface area (Å²) in [5.74, 6) is 0.0181. The SMILES string of the molecule is Cc1ccccc1C1CCN(C(=O)C2CC(=O)c3ccccc3C(O)C2)CC1. The Morgan fingerprint density at radius 1 is 1.00 bits per heavy atom. The normalized spacial score (nSPS) is 23.2. The number of nitrogens with zero attached hydrogens (tertiary/aromatic N) is 1. The maximum atomic E-state index is 13.1. The van der Waals surface area contributed by atoms with Crippen LogP contribution in [-0.4, -0.2) is 34.8 Å². The molecule has 1 fully saturated rings. The second-order valence-electron chi connectivity index (χ2n) is 8.12. The summed E-state index contributed by atoms with van der Waals surface area (Å²) < 4.78 is 0. The molecule has 1 saturated heterocycles. The molecule has 2 unspecified atom stereocenters. The van der Waals surface area contributed by atoms with Crippen molar-refractivity contribution in [3.8, 4) is 0 Å². The summed E-state index contributed by atoms with van der Waals surface area (Å²) in [7, 11) is 0. The van der Waals surface area contributed by atoms with Gasteiger partial charge in [0.05, 0.1) is 6.10 Å². The predicted molar refractivity (Wildman–Crippen MR) is 108 cm³/mol. The van der Waals surface area contributed by atoms with E-state index >= 15 is 0 Å². The van der Waals surface area contributed by atoms with Crippen LogP contribution < -0.4 is 0 Å². The lowest BCUT2D eigenvalue weighted by Crippen LogP contribution is -2.42. The number of hydrogen-bond acceptors (Lipinski definition) is 3. The fourth-order valence-electron chi connectivity index (χ4n) is 4.76. The minimum atomic E-state index is -0.763. The van der Waals surface area contributed by atoms with Gasteiger partial charge in [0, 0.05) is 31.0 Å². The van der Waals surface area contributed by atoms with Crippen LogP contribution in [0.15, 0.2) is 48.5 Å². The van der Waals surface area contributed by atoms with Gasteiger partial charge in [-0.1, -0.05) is 48.5 Å². The van der Waals surface area contributed by atoms with Crippen molar-refractivity contribution in [2.75, 3.05) is 13.1 Å². The van der Waals surface area contributed by atoms with Crippen LogP contribution in [0.25, 0.3) is 0 Å². The summed E-state index contributed by atoms with van der Waals surface area (Å²) in [5.41, 5.74) is 3.90. The van der Waals surface area contributed by atoms with Crippen LogP contribution in [-0.2, 0) is 4.79 Å². The number of aliphatic hydroxyl groups is 1. The molecular weight excluding hydrogens is 350 g/mol. The monoisotopic (exact) mass is 377 g/mol. The highest BCUT2D eigenvalue weighted by atomic mass is 16.3. The van der Waals surface area contributed by atoms with Crippen LogP contribution >= 0.6 is 0 Å². The average Bonchev–Trinajstić information content (AvgIpc) is 2.85. The van der Waals surface area contributed by atoms with E-state index in [0.717, 1.165) is 12.8 Å². The molecule has 1 aliphatic heterocycles. The Morgan fingerprint density at radius 3 is 2.36 bits per heavy atom. The van der Waals surface area contributed by atoms with Crippen LogP contribution in [0.5, 0.6) is 0 Å². The topological polar surface area (TPSA) is 57.6 Å². The van der Waals surface area contributed by atoms with E-state index in [0.29, 0.717) is 36.6 Å². The second kappa shape index (κ2) is 7.88. The van der Waals surface area contributed by atoms with Crippen molar-refractivity contribution in [1.29, 1.82) is 0 Å². The molecule has 0 spiro atoms. The highest BCUT2D eigenvalue weighted by Gasteiger charge is 2.35.